The zero-order valence-corrected chi connectivity index (χ0v) is 13.2. The maximum absolute atomic E-state index is 12.8. The van der Waals surface area contributed by atoms with Gasteiger partial charge < -0.3 is 4.98 Å². The van der Waals surface area contributed by atoms with Gasteiger partial charge >= 0.3 is 0 Å². The Bertz CT molecular complexity index is 717. The van der Waals surface area contributed by atoms with Gasteiger partial charge in [-0.2, -0.15) is 0 Å². The molecule has 1 fully saturated rings. The lowest BCUT2D eigenvalue weighted by Crippen LogP contribution is -2.38. The lowest BCUT2D eigenvalue weighted by atomic mass is 10.0. The predicted molar refractivity (Wildman–Crippen MR) is 87.8 cm³/mol. The highest BCUT2D eigenvalue weighted by atomic mass is 16.1. The van der Waals surface area contributed by atoms with Crippen LogP contribution in [0.15, 0.2) is 23.0 Å². The van der Waals surface area contributed by atoms with Crippen molar-refractivity contribution in [3.63, 3.8) is 0 Å². The third-order valence-corrected chi connectivity index (χ3v) is 4.86. The van der Waals surface area contributed by atoms with E-state index in [0.717, 1.165) is 40.8 Å². The molecule has 3 heteroatoms. The van der Waals surface area contributed by atoms with E-state index >= 15 is 0 Å². The van der Waals surface area contributed by atoms with Gasteiger partial charge in [0.25, 0.3) is 0 Å². The van der Waals surface area contributed by atoms with Crippen LogP contribution in [0.3, 0.4) is 0 Å². The van der Waals surface area contributed by atoms with Gasteiger partial charge in [-0.3, -0.25) is 9.69 Å². The van der Waals surface area contributed by atoms with E-state index in [2.05, 4.69) is 16.8 Å². The van der Waals surface area contributed by atoms with Gasteiger partial charge in [-0.05, 0) is 51.8 Å². The summed E-state index contributed by atoms with van der Waals surface area (Å²) in [4.78, 5) is 18.7. The van der Waals surface area contributed by atoms with Gasteiger partial charge in [-0.15, -0.1) is 0 Å². The molecule has 1 aromatic carbocycles. The van der Waals surface area contributed by atoms with Crippen molar-refractivity contribution < 1.29 is 0 Å². The summed E-state index contributed by atoms with van der Waals surface area (Å²) in [7, 11) is 0. The molecule has 0 bridgehead atoms. The molecule has 1 aliphatic heterocycles. The van der Waals surface area contributed by atoms with Crippen LogP contribution in [-0.2, 0) is 6.54 Å². The van der Waals surface area contributed by atoms with Crippen LogP contribution in [0.2, 0.25) is 0 Å². The van der Waals surface area contributed by atoms with Crippen LogP contribution < -0.4 is 5.43 Å². The summed E-state index contributed by atoms with van der Waals surface area (Å²) >= 11 is 0. The van der Waals surface area contributed by atoms with Gasteiger partial charge in [0.15, 0.2) is 5.43 Å². The van der Waals surface area contributed by atoms with Crippen molar-refractivity contribution in [3.8, 4) is 0 Å². The number of hydrogen-bond acceptors (Lipinski definition) is 2. The monoisotopic (exact) mass is 284 g/mol. The summed E-state index contributed by atoms with van der Waals surface area (Å²) in [6, 6.07) is 6.52. The van der Waals surface area contributed by atoms with Crippen molar-refractivity contribution >= 4 is 10.9 Å². The Morgan fingerprint density at radius 2 is 2.10 bits per heavy atom. The average Bonchev–Trinajstić information content (AvgIpc) is 2.46. The lowest BCUT2D eigenvalue weighted by molar-refractivity contribution is 0.152. The minimum absolute atomic E-state index is 0.197. The molecule has 0 spiro atoms. The number of pyridine rings is 1. The third-order valence-electron chi connectivity index (χ3n) is 4.86. The summed E-state index contributed by atoms with van der Waals surface area (Å²) in [5.74, 6) is 0. The summed E-state index contributed by atoms with van der Waals surface area (Å²) in [6.07, 6.45) is 3.79. The first-order valence-corrected chi connectivity index (χ1v) is 7.93. The molecule has 1 saturated heterocycles. The number of aromatic nitrogens is 1. The van der Waals surface area contributed by atoms with Crippen molar-refractivity contribution in [1.82, 2.24) is 9.88 Å². The zero-order valence-electron chi connectivity index (χ0n) is 13.2. The molecule has 1 N–H and O–H groups in total. The summed E-state index contributed by atoms with van der Waals surface area (Å²) < 4.78 is 0. The van der Waals surface area contributed by atoms with Crippen LogP contribution in [0, 0.1) is 13.8 Å². The molecular formula is C18H24N2O. The van der Waals surface area contributed by atoms with Gasteiger partial charge in [0.2, 0.25) is 0 Å². The van der Waals surface area contributed by atoms with Crippen molar-refractivity contribution in [2.45, 2.75) is 52.6 Å². The molecule has 3 rings (SSSR count). The Labute approximate surface area is 126 Å². The highest BCUT2D eigenvalue weighted by Gasteiger charge is 2.21. The van der Waals surface area contributed by atoms with Gasteiger partial charge in [0.1, 0.15) is 0 Å². The molecule has 0 aliphatic carbocycles. The van der Waals surface area contributed by atoms with Crippen molar-refractivity contribution in [1.29, 1.82) is 0 Å². The number of aromatic amines is 1. The zero-order chi connectivity index (χ0) is 15.0. The van der Waals surface area contributed by atoms with Crippen LogP contribution >= 0.6 is 0 Å². The van der Waals surface area contributed by atoms with E-state index in [4.69, 9.17) is 0 Å². The van der Waals surface area contributed by atoms with E-state index in [9.17, 15) is 4.79 Å². The predicted octanol–water partition coefficient (Wildman–Crippen LogP) is 3.52. The van der Waals surface area contributed by atoms with Gasteiger partial charge in [0, 0.05) is 29.2 Å². The molecule has 112 valence electrons. The number of nitrogens with one attached hydrogen (secondary N) is 1. The number of hydrogen-bond donors (Lipinski definition) is 1. The minimum atomic E-state index is 0.197. The SMILES string of the molecule is Cc1[nH]c2c(C)cccc2c(=O)c1CN1CCCC[C@@H]1C. The number of para-hydroxylation sites is 1. The number of fused-ring (bicyclic) bond motifs is 1. The number of H-pyrrole nitrogens is 1. The molecule has 2 aromatic rings. The van der Waals surface area contributed by atoms with E-state index in [-0.39, 0.29) is 5.43 Å². The molecule has 0 saturated carbocycles. The average molecular weight is 284 g/mol. The first-order valence-electron chi connectivity index (χ1n) is 7.93. The second-order valence-corrected chi connectivity index (χ2v) is 6.37. The Balaban J connectivity index is 2.04. The van der Waals surface area contributed by atoms with E-state index in [0.29, 0.717) is 6.04 Å². The van der Waals surface area contributed by atoms with E-state index in [1.54, 1.807) is 0 Å². The fourth-order valence-electron chi connectivity index (χ4n) is 3.40. The molecule has 3 nitrogen and oxygen atoms in total. The molecule has 0 unspecified atom stereocenters. The van der Waals surface area contributed by atoms with Gasteiger partial charge in [0.05, 0.1) is 5.52 Å². The van der Waals surface area contributed by atoms with Crippen molar-refractivity contribution in [2.24, 2.45) is 0 Å². The van der Waals surface area contributed by atoms with Crippen molar-refractivity contribution in [2.75, 3.05) is 6.54 Å². The largest absolute Gasteiger partial charge is 0.358 e. The van der Waals surface area contributed by atoms with Gasteiger partial charge in [-0.1, -0.05) is 18.6 Å². The lowest BCUT2D eigenvalue weighted by Gasteiger charge is -2.33. The second kappa shape index (κ2) is 5.64. The first-order chi connectivity index (χ1) is 10.1. The molecule has 0 amide bonds. The van der Waals surface area contributed by atoms with E-state index < -0.39 is 0 Å². The molecule has 1 atom stereocenters. The molecule has 1 aliphatic rings. The second-order valence-electron chi connectivity index (χ2n) is 6.37. The van der Waals surface area contributed by atoms with Crippen molar-refractivity contribution in [3.05, 3.63) is 45.2 Å². The third kappa shape index (κ3) is 2.62. The number of nitrogens with zero attached hydrogens (tertiary/aromatic N) is 1. The smallest absolute Gasteiger partial charge is 0.194 e. The Hall–Kier alpha value is -1.61. The number of piperidine rings is 1. The summed E-state index contributed by atoms with van der Waals surface area (Å²) in [5, 5.41) is 0.820. The number of aryl methyl sites for hydroxylation is 2. The minimum Gasteiger partial charge on any atom is -0.358 e. The summed E-state index contributed by atoms with van der Waals surface area (Å²) in [6.45, 7) is 8.22. The standard InChI is InChI=1S/C18H24N2O/c1-12-7-6-9-15-17(12)19-14(3)16(18(15)21)11-20-10-5-4-8-13(20)2/h6-7,9,13H,4-5,8,10-11H2,1-3H3,(H,19,21)/t13-/m0/s1. The fraction of sp³-hybridized carbons (Fsp3) is 0.500. The van der Waals surface area contributed by atoms with Crippen LogP contribution in [0.4, 0.5) is 0 Å². The molecule has 2 heterocycles. The Morgan fingerprint density at radius 1 is 1.29 bits per heavy atom. The maximum atomic E-state index is 12.8. The van der Waals surface area contributed by atoms with E-state index in [1.165, 1.54) is 19.3 Å². The molecule has 21 heavy (non-hydrogen) atoms. The van der Waals surface area contributed by atoms with Crippen LogP contribution in [-0.4, -0.2) is 22.5 Å². The summed E-state index contributed by atoms with van der Waals surface area (Å²) in [5.41, 5.74) is 4.25. The van der Waals surface area contributed by atoms with Crippen LogP contribution in [0.1, 0.15) is 43.0 Å². The molecule has 1 aromatic heterocycles. The van der Waals surface area contributed by atoms with E-state index in [1.807, 2.05) is 32.0 Å². The normalized spacial score (nSPS) is 20.0. The number of rotatable bonds is 2. The number of benzene rings is 1. The number of likely N-dealkylation sites (tertiary alicyclic amines) is 1. The topological polar surface area (TPSA) is 36.1 Å². The maximum Gasteiger partial charge on any atom is 0.194 e. The quantitative estimate of drug-likeness (QED) is 0.916. The van der Waals surface area contributed by atoms with Crippen LogP contribution in [0.5, 0.6) is 0 Å². The Kier molecular flexibility index (Phi) is 3.85. The molecule has 0 radical (unpaired) electrons. The first kappa shape index (κ1) is 14.3. The highest BCUT2D eigenvalue weighted by molar-refractivity contribution is 5.82. The Morgan fingerprint density at radius 3 is 2.86 bits per heavy atom. The fourth-order valence-corrected chi connectivity index (χ4v) is 3.40. The van der Waals surface area contributed by atoms with Crippen LogP contribution in [0.25, 0.3) is 10.9 Å². The van der Waals surface area contributed by atoms with Gasteiger partial charge in [-0.25, -0.2) is 0 Å². The molecular weight excluding hydrogens is 260 g/mol. The highest BCUT2D eigenvalue weighted by Crippen LogP contribution is 2.21.